The van der Waals surface area contributed by atoms with Gasteiger partial charge in [-0.1, -0.05) is 35.3 Å². The molecule has 1 aromatic heterocycles. The number of alkyl halides is 3. The molecule has 5 rings (SSSR count). The van der Waals surface area contributed by atoms with Crippen LogP contribution >= 0.6 is 23.2 Å². The van der Waals surface area contributed by atoms with Crippen LogP contribution in [0.1, 0.15) is 11.3 Å². The van der Waals surface area contributed by atoms with Gasteiger partial charge in [-0.3, -0.25) is 0 Å². The number of allylic oxidation sites excluding steroid dienone is 3. The van der Waals surface area contributed by atoms with Crippen LogP contribution in [0.15, 0.2) is 78.5 Å². The molecule has 0 unspecified atom stereocenters. The molecule has 0 aliphatic carbocycles. The van der Waals surface area contributed by atoms with Crippen LogP contribution in [0.5, 0.6) is 0 Å². The van der Waals surface area contributed by atoms with Gasteiger partial charge < -0.3 is 17.6 Å². The second-order valence-corrected chi connectivity index (χ2v) is 8.30. The maximum Gasteiger partial charge on any atom is 0.737 e. The van der Waals surface area contributed by atoms with Gasteiger partial charge in [-0.15, -0.1) is 0 Å². The normalized spacial score (nSPS) is 17.1. The summed E-state index contributed by atoms with van der Waals surface area (Å²) in [6.07, 6.45) is -2.50. The predicted molar refractivity (Wildman–Crippen MR) is 116 cm³/mol. The molecule has 0 spiro atoms. The van der Waals surface area contributed by atoms with E-state index in [-0.39, 0.29) is 11.4 Å². The molecular formula is C22H12BCl2F5N2. The van der Waals surface area contributed by atoms with Crippen LogP contribution in [0.2, 0.25) is 10.0 Å². The third-order valence-electron chi connectivity index (χ3n) is 5.53. The van der Waals surface area contributed by atoms with Crippen molar-refractivity contribution >= 4 is 41.5 Å². The highest BCUT2D eigenvalue weighted by Crippen LogP contribution is 2.46. The van der Waals surface area contributed by atoms with Gasteiger partial charge in [-0.25, -0.2) is 0 Å². The van der Waals surface area contributed by atoms with Gasteiger partial charge in [0, 0.05) is 39.1 Å². The van der Waals surface area contributed by atoms with Crippen molar-refractivity contribution in [1.29, 1.82) is 0 Å². The molecule has 2 aliphatic rings. The third-order valence-corrected chi connectivity index (χ3v) is 6.04. The summed E-state index contributed by atoms with van der Waals surface area (Å²) in [7, 11) is 0. The zero-order chi connectivity index (χ0) is 22.8. The van der Waals surface area contributed by atoms with E-state index >= 15 is 8.63 Å². The van der Waals surface area contributed by atoms with E-state index in [1.54, 1.807) is 0 Å². The monoisotopic (exact) mass is 480 g/mol. The first kappa shape index (κ1) is 21.0. The Morgan fingerprint density at radius 1 is 0.719 bits per heavy atom. The molecule has 0 saturated carbocycles. The van der Waals surface area contributed by atoms with Crippen molar-refractivity contribution in [3.05, 3.63) is 99.8 Å². The van der Waals surface area contributed by atoms with Crippen LogP contribution in [-0.2, 0) is 0 Å². The van der Waals surface area contributed by atoms with Gasteiger partial charge in [-0.05, 0) is 54.1 Å². The maximum atomic E-state index is 16.0. The van der Waals surface area contributed by atoms with E-state index < -0.39 is 30.1 Å². The van der Waals surface area contributed by atoms with Gasteiger partial charge in [0.2, 0.25) is 0 Å². The fraction of sp³-hybridized carbons (Fsp3) is 0.0455. The third kappa shape index (κ3) is 3.12. The van der Waals surface area contributed by atoms with Crippen molar-refractivity contribution in [1.82, 2.24) is 4.48 Å². The summed E-state index contributed by atoms with van der Waals surface area (Å²) in [6, 6.07) is 14.3. The number of aromatic nitrogens is 1. The second-order valence-electron chi connectivity index (χ2n) is 7.42. The minimum atomic E-state index is -4.85. The van der Waals surface area contributed by atoms with Crippen molar-refractivity contribution in [3.63, 3.8) is 0 Å². The average Bonchev–Trinajstić information content (AvgIpc) is 3.35. The Labute approximate surface area is 189 Å². The van der Waals surface area contributed by atoms with E-state index in [2.05, 4.69) is 0 Å². The lowest BCUT2D eigenvalue weighted by atomic mass is 9.86. The van der Waals surface area contributed by atoms with Crippen molar-refractivity contribution in [3.8, 4) is 11.3 Å². The zero-order valence-electron chi connectivity index (χ0n) is 16.0. The molecule has 3 heterocycles. The smallest absolute Gasteiger partial charge is 0.389 e. The van der Waals surface area contributed by atoms with E-state index in [4.69, 9.17) is 23.2 Å². The van der Waals surface area contributed by atoms with Crippen molar-refractivity contribution in [2.45, 2.75) is 6.18 Å². The Hall–Kier alpha value is -2.84. The van der Waals surface area contributed by atoms with Crippen LogP contribution in [0.4, 0.5) is 21.8 Å². The van der Waals surface area contributed by atoms with Crippen LogP contribution in [0.3, 0.4) is 0 Å². The van der Waals surface area contributed by atoms with Gasteiger partial charge in [-0.2, -0.15) is 13.2 Å². The standard InChI is InChI=1S/C22H12BCl2F5N2/c24-15-5-1-13(2-6-15)17-9-11-19-21(22(26,27)28)20-12-10-18(14-3-7-16(25)8-4-14)32(20)23(29,30)31(17)19/h1-12H. The maximum absolute atomic E-state index is 16.0. The van der Waals surface area contributed by atoms with E-state index in [0.29, 0.717) is 30.1 Å². The fourth-order valence-electron chi connectivity index (χ4n) is 4.22. The first-order chi connectivity index (χ1) is 15.1. The molecule has 0 atom stereocenters. The summed E-state index contributed by atoms with van der Waals surface area (Å²) >= 11 is 11.8. The number of rotatable bonds is 2. The molecule has 32 heavy (non-hydrogen) atoms. The fourth-order valence-corrected chi connectivity index (χ4v) is 4.47. The lowest BCUT2D eigenvalue weighted by molar-refractivity contribution is -0.362. The number of halogens is 7. The largest absolute Gasteiger partial charge is 0.737 e. The molecule has 10 heteroatoms. The Kier molecular flexibility index (Phi) is 4.66. The number of hydrogen-bond acceptors (Lipinski definition) is 0. The summed E-state index contributed by atoms with van der Waals surface area (Å²) in [5.41, 5.74) is -1.71. The van der Waals surface area contributed by atoms with E-state index in [9.17, 15) is 13.2 Å². The molecule has 162 valence electrons. The number of benzene rings is 2. The molecule has 0 N–H and O–H groups in total. The Morgan fingerprint density at radius 2 is 1.25 bits per heavy atom. The summed E-state index contributed by atoms with van der Waals surface area (Å²) in [4.78, 5) is 0. The summed E-state index contributed by atoms with van der Waals surface area (Å²) in [5.74, 6) is 0. The van der Waals surface area contributed by atoms with Crippen LogP contribution in [0.25, 0.3) is 16.8 Å². The summed E-state index contributed by atoms with van der Waals surface area (Å²) in [5, 5.41) is 0.772. The highest BCUT2D eigenvalue weighted by Gasteiger charge is 2.58. The SMILES string of the molecule is F[B-]1(F)n2c(ccc2-c2ccc(Cl)cc2)C(C(F)(F)F)=C2C=CC(c3ccc(Cl)cc3)=[N+]21. The van der Waals surface area contributed by atoms with Gasteiger partial charge in [0.25, 0.3) is 0 Å². The minimum absolute atomic E-state index is 0.0372. The van der Waals surface area contributed by atoms with Crippen LogP contribution < -0.4 is 0 Å². The van der Waals surface area contributed by atoms with Crippen LogP contribution in [0, 0.1) is 0 Å². The van der Waals surface area contributed by atoms with Gasteiger partial charge in [0.15, 0.2) is 11.4 Å². The molecule has 2 aromatic carbocycles. The van der Waals surface area contributed by atoms with E-state index in [1.807, 2.05) is 0 Å². The Morgan fingerprint density at radius 3 is 1.81 bits per heavy atom. The minimum Gasteiger partial charge on any atom is -0.389 e. The van der Waals surface area contributed by atoms with E-state index in [0.717, 1.165) is 12.1 Å². The Bertz CT molecular complexity index is 1330. The first-order valence-corrected chi connectivity index (χ1v) is 10.3. The van der Waals surface area contributed by atoms with Crippen LogP contribution in [-0.4, -0.2) is 27.8 Å². The summed E-state index contributed by atoms with van der Waals surface area (Å²) < 4.78 is 75.4. The average molecular weight is 481 g/mol. The van der Waals surface area contributed by atoms with Crippen molar-refractivity contribution in [2.75, 3.05) is 0 Å². The Balaban J connectivity index is 1.83. The zero-order valence-corrected chi connectivity index (χ0v) is 17.6. The molecule has 2 nitrogen and oxygen atoms in total. The molecule has 0 saturated heterocycles. The highest BCUT2D eigenvalue weighted by atomic mass is 35.5. The molecule has 2 aliphatic heterocycles. The van der Waals surface area contributed by atoms with Crippen molar-refractivity contribution in [2.24, 2.45) is 0 Å². The predicted octanol–water partition coefficient (Wildman–Crippen LogP) is 7.04. The number of nitrogens with zero attached hydrogens (tertiary/aromatic N) is 2. The molecule has 0 radical (unpaired) electrons. The van der Waals surface area contributed by atoms with Gasteiger partial charge in [0.1, 0.15) is 5.57 Å². The molecule has 0 bridgehead atoms. The lowest BCUT2D eigenvalue weighted by Crippen LogP contribution is -2.52. The summed E-state index contributed by atoms with van der Waals surface area (Å²) in [6.45, 7) is -4.66. The number of fused-ring (bicyclic) bond motifs is 2. The first-order valence-electron chi connectivity index (χ1n) is 9.51. The lowest BCUT2D eigenvalue weighted by Gasteiger charge is -2.34. The van der Waals surface area contributed by atoms with Gasteiger partial charge >= 0.3 is 13.1 Å². The molecular weight excluding hydrogens is 469 g/mol. The second kappa shape index (κ2) is 7.08. The molecule has 3 aromatic rings. The highest BCUT2D eigenvalue weighted by molar-refractivity contribution is 6.59. The van der Waals surface area contributed by atoms with Gasteiger partial charge in [0.05, 0.1) is 0 Å². The van der Waals surface area contributed by atoms with E-state index in [1.165, 1.54) is 60.7 Å². The topological polar surface area (TPSA) is 7.94 Å². The number of hydrogen-bond donors (Lipinski definition) is 0. The quantitative estimate of drug-likeness (QED) is 0.274. The van der Waals surface area contributed by atoms with Crippen molar-refractivity contribution < 1.29 is 26.3 Å². The molecule has 0 fully saturated rings. The molecule has 0 amide bonds.